The zero-order valence-corrected chi connectivity index (χ0v) is 12.6. The molecule has 0 unspecified atom stereocenters. The molecule has 100 valence electrons. The summed E-state index contributed by atoms with van der Waals surface area (Å²) in [6.45, 7) is 1.70. The molecular weight excluding hydrogens is 312 g/mol. The third-order valence-electron chi connectivity index (χ3n) is 3.27. The van der Waals surface area contributed by atoms with Crippen LogP contribution >= 0.6 is 15.9 Å². The maximum atomic E-state index is 4.39. The number of benzene rings is 2. The van der Waals surface area contributed by atoms with E-state index in [2.05, 4.69) is 62.6 Å². The van der Waals surface area contributed by atoms with Crippen LogP contribution in [0, 0.1) is 0 Å². The van der Waals surface area contributed by atoms with E-state index in [1.165, 1.54) is 16.5 Å². The van der Waals surface area contributed by atoms with Crippen molar-refractivity contribution in [2.75, 3.05) is 0 Å². The van der Waals surface area contributed by atoms with Gasteiger partial charge in [0.1, 0.15) is 0 Å². The summed E-state index contributed by atoms with van der Waals surface area (Å²) < 4.78 is 1.12. The van der Waals surface area contributed by atoms with Crippen LogP contribution in [0.25, 0.3) is 10.9 Å². The molecule has 0 radical (unpaired) electrons. The number of hydrogen-bond donors (Lipinski definition) is 1. The lowest BCUT2D eigenvalue weighted by atomic mass is 10.1. The van der Waals surface area contributed by atoms with Gasteiger partial charge < -0.3 is 5.32 Å². The van der Waals surface area contributed by atoms with Gasteiger partial charge in [0.2, 0.25) is 0 Å². The first kappa shape index (κ1) is 13.3. The smallest absolute Gasteiger partial charge is 0.0705 e. The van der Waals surface area contributed by atoms with Crippen LogP contribution in [0.15, 0.2) is 65.3 Å². The molecule has 3 aromatic rings. The third kappa shape index (κ3) is 3.06. The molecular formula is C17H15BrN2. The molecule has 0 spiro atoms. The molecule has 0 bridgehead atoms. The summed E-state index contributed by atoms with van der Waals surface area (Å²) in [4.78, 5) is 4.39. The van der Waals surface area contributed by atoms with Crippen molar-refractivity contribution < 1.29 is 0 Å². The monoisotopic (exact) mass is 326 g/mol. The van der Waals surface area contributed by atoms with E-state index in [0.29, 0.717) is 0 Å². The van der Waals surface area contributed by atoms with Gasteiger partial charge in [0.15, 0.2) is 0 Å². The van der Waals surface area contributed by atoms with Gasteiger partial charge in [-0.25, -0.2) is 0 Å². The highest BCUT2D eigenvalue weighted by molar-refractivity contribution is 9.10. The van der Waals surface area contributed by atoms with Crippen LogP contribution in [0.3, 0.4) is 0 Å². The Morgan fingerprint density at radius 2 is 1.85 bits per heavy atom. The lowest BCUT2D eigenvalue weighted by molar-refractivity contribution is 0.696. The van der Waals surface area contributed by atoms with Crippen molar-refractivity contribution in [1.29, 1.82) is 0 Å². The van der Waals surface area contributed by atoms with Crippen molar-refractivity contribution in [3.05, 3.63) is 76.4 Å². The zero-order chi connectivity index (χ0) is 13.8. The van der Waals surface area contributed by atoms with Gasteiger partial charge >= 0.3 is 0 Å². The summed E-state index contributed by atoms with van der Waals surface area (Å²) in [5, 5.41) is 4.71. The molecule has 20 heavy (non-hydrogen) atoms. The van der Waals surface area contributed by atoms with E-state index in [9.17, 15) is 0 Å². The van der Waals surface area contributed by atoms with Crippen molar-refractivity contribution in [2.24, 2.45) is 0 Å². The molecule has 1 aromatic heterocycles. The van der Waals surface area contributed by atoms with Crippen LogP contribution < -0.4 is 5.32 Å². The lowest BCUT2D eigenvalue weighted by Gasteiger charge is -2.08. The Labute approximate surface area is 127 Å². The predicted molar refractivity (Wildman–Crippen MR) is 86.4 cm³/mol. The number of rotatable bonds is 4. The highest BCUT2D eigenvalue weighted by atomic mass is 79.9. The van der Waals surface area contributed by atoms with Gasteiger partial charge in [-0.05, 0) is 35.4 Å². The topological polar surface area (TPSA) is 24.9 Å². The fourth-order valence-corrected chi connectivity index (χ4v) is 2.74. The molecule has 0 aliphatic rings. The summed E-state index contributed by atoms with van der Waals surface area (Å²) in [6, 6.07) is 18.7. The molecule has 0 aliphatic carbocycles. The van der Waals surface area contributed by atoms with Gasteiger partial charge in [0.25, 0.3) is 0 Å². The Bertz CT molecular complexity index is 720. The average Bonchev–Trinajstić information content (AvgIpc) is 2.48. The van der Waals surface area contributed by atoms with E-state index in [4.69, 9.17) is 0 Å². The second-order valence-electron chi connectivity index (χ2n) is 4.72. The highest BCUT2D eigenvalue weighted by Crippen LogP contribution is 2.16. The summed E-state index contributed by atoms with van der Waals surface area (Å²) in [5.41, 5.74) is 3.61. The minimum atomic E-state index is 0.843. The van der Waals surface area contributed by atoms with Gasteiger partial charge in [-0.2, -0.15) is 0 Å². The zero-order valence-electron chi connectivity index (χ0n) is 11.0. The first-order chi connectivity index (χ1) is 9.83. The second kappa shape index (κ2) is 6.16. The average molecular weight is 327 g/mol. The molecule has 0 aliphatic heterocycles. The Morgan fingerprint density at radius 3 is 2.75 bits per heavy atom. The number of pyridine rings is 1. The van der Waals surface area contributed by atoms with Crippen molar-refractivity contribution >= 4 is 26.8 Å². The number of hydrogen-bond acceptors (Lipinski definition) is 2. The number of fused-ring (bicyclic) bond motifs is 1. The van der Waals surface area contributed by atoms with E-state index in [1.807, 2.05) is 24.4 Å². The molecule has 3 rings (SSSR count). The van der Waals surface area contributed by atoms with E-state index < -0.39 is 0 Å². The fourth-order valence-electron chi connectivity index (χ4n) is 2.30. The Kier molecular flexibility index (Phi) is 4.09. The molecule has 0 saturated heterocycles. The van der Waals surface area contributed by atoms with Crippen molar-refractivity contribution in [1.82, 2.24) is 10.3 Å². The normalized spacial score (nSPS) is 10.8. The van der Waals surface area contributed by atoms with E-state index in [1.54, 1.807) is 0 Å². The fraction of sp³-hybridized carbons (Fsp3) is 0.118. The van der Waals surface area contributed by atoms with Crippen molar-refractivity contribution in [3.63, 3.8) is 0 Å². The van der Waals surface area contributed by atoms with Crippen molar-refractivity contribution in [3.8, 4) is 0 Å². The quantitative estimate of drug-likeness (QED) is 0.773. The van der Waals surface area contributed by atoms with Crippen LogP contribution in [0.4, 0.5) is 0 Å². The first-order valence-corrected chi connectivity index (χ1v) is 7.40. The summed E-state index contributed by atoms with van der Waals surface area (Å²) >= 11 is 3.50. The van der Waals surface area contributed by atoms with Crippen LogP contribution in [0.5, 0.6) is 0 Å². The molecule has 2 nitrogen and oxygen atoms in total. The minimum absolute atomic E-state index is 0.843. The third-order valence-corrected chi connectivity index (χ3v) is 3.77. The Morgan fingerprint density at radius 1 is 0.950 bits per heavy atom. The minimum Gasteiger partial charge on any atom is -0.309 e. The van der Waals surface area contributed by atoms with Gasteiger partial charge in [-0.1, -0.05) is 46.3 Å². The number of para-hydroxylation sites is 1. The number of aromatic nitrogens is 1. The van der Waals surface area contributed by atoms with E-state index >= 15 is 0 Å². The second-order valence-corrected chi connectivity index (χ2v) is 5.64. The van der Waals surface area contributed by atoms with Gasteiger partial charge in [-0.3, -0.25) is 4.98 Å². The van der Waals surface area contributed by atoms with Crippen LogP contribution in [0.1, 0.15) is 11.1 Å². The van der Waals surface area contributed by atoms with Gasteiger partial charge in [0, 0.05) is 29.1 Å². The molecule has 1 heterocycles. The standard InChI is InChI=1S/C17H15BrN2/c18-15-5-3-4-13(10-15)11-19-12-14-8-9-20-17-7-2-1-6-16(14)17/h1-10,19H,11-12H2. The highest BCUT2D eigenvalue weighted by Gasteiger charge is 2.01. The lowest BCUT2D eigenvalue weighted by Crippen LogP contribution is -2.13. The summed E-state index contributed by atoms with van der Waals surface area (Å²) in [6.07, 6.45) is 1.87. The van der Waals surface area contributed by atoms with E-state index in [0.717, 1.165) is 23.1 Å². The van der Waals surface area contributed by atoms with E-state index in [-0.39, 0.29) is 0 Å². The van der Waals surface area contributed by atoms with Crippen molar-refractivity contribution in [2.45, 2.75) is 13.1 Å². The van der Waals surface area contributed by atoms with Gasteiger partial charge in [-0.15, -0.1) is 0 Å². The molecule has 0 fully saturated rings. The van der Waals surface area contributed by atoms with Crippen LogP contribution in [-0.4, -0.2) is 4.98 Å². The molecule has 2 aromatic carbocycles. The molecule has 0 amide bonds. The van der Waals surface area contributed by atoms with Crippen LogP contribution in [-0.2, 0) is 13.1 Å². The number of halogens is 1. The van der Waals surface area contributed by atoms with Gasteiger partial charge in [0.05, 0.1) is 5.52 Å². The summed E-state index contributed by atoms with van der Waals surface area (Å²) in [7, 11) is 0. The Balaban J connectivity index is 1.71. The largest absolute Gasteiger partial charge is 0.309 e. The SMILES string of the molecule is Brc1cccc(CNCc2ccnc3ccccc23)c1. The number of nitrogens with zero attached hydrogens (tertiary/aromatic N) is 1. The molecule has 3 heteroatoms. The predicted octanol–water partition coefficient (Wildman–Crippen LogP) is 4.29. The molecule has 0 atom stereocenters. The summed E-state index contributed by atoms with van der Waals surface area (Å²) in [5.74, 6) is 0. The molecule has 0 saturated carbocycles. The molecule has 1 N–H and O–H groups in total. The first-order valence-electron chi connectivity index (χ1n) is 6.61. The Hall–Kier alpha value is -1.71. The number of nitrogens with one attached hydrogen (secondary N) is 1. The maximum Gasteiger partial charge on any atom is 0.0705 e. The maximum absolute atomic E-state index is 4.39. The van der Waals surface area contributed by atoms with Crippen LogP contribution in [0.2, 0.25) is 0 Å².